The second-order valence-electron chi connectivity index (χ2n) is 13.3. The molecule has 0 unspecified atom stereocenters. The number of Topliss-reactive ketones (excluding diaryl/α,β-unsaturated/α-hetero) is 1. The van der Waals surface area contributed by atoms with E-state index in [2.05, 4.69) is 108 Å². The van der Waals surface area contributed by atoms with Gasteiger partial charge in [-0.3, -0.25) is 9.35 Å². The molecule has 3 heterocycles. The maximum absolute atomic E-state index is 12.5. The van der Waals surface area contributed by atoms with Gasteiger partial charge in [-0.1, -0.05) is 38.0 Å². The zero-order valence-corrected chi connectivity index (χ0v) is 30.3. The van der Waals surface area contributed by atoms with Gasteiger partial charge in [0.1, 0.15) is 7.05 Å². The van der Waals surface area contributed by atoms with E-state index in [0.717, 1.165) is 29.8 Å². The van der Waals surface area contributed by atoms with E-state index in [-0.39, 0.29) is 39.2 Å². The summed E-state index contributed by atoms with van der Waals surface area (Å²) in [5, 5.41) is 2.74. The third-order valence-electron chi connectivity index (χ3n) is 9.22. The number of nitrogens with one attached hydrogen (secondary N) is 1. The van der Waals surface area contributed by atoms with Gasteiger partial charge in [0.15, 0.2) is 11.5 Å². The first-order chi connectivity index (χ1) is 22.5. The van der Waals surface area contributed by atoms with Crippen molar-refractivity contribution in [1.82, 2.24) is 15.0 Å². The fourth-order valence-electron chi connectivity index (χ4n) is 6.68. The number of allylic oxidation sites excluding steroid dienone is 4. The van der Waals surface area contributed by atoms with Gasteiger partial charge >= 0.3 is 0 Å². The number of unbranched alkanes of at least 4 members (excludes halogenated alkanes) is 2. The molecule has 2 aliphatic rings. The average molecular weight is 713 g/mol. The van der Waals surface area contributed by atoms with E-state index in [0.29, 0.717) is 19.4 Å². The molecule has 0 aliphatic carbocycles. The lowest BCUT2D eigenvalue weighted by Crippen LogP contribution is -2.27. The predicted octanol–water partition coefficient (Wildman–Crippen LogP) is 7.22. The van der Waals surface area contributed by atoms with Crippen molar-refractivity contribution in [1.29, 1.82) is 0 Å². The zero-order valence-electron chi connectivity index (χ0n) is 28.0. The molecule has 13 heteroatoms. The number of benzene rings is 2. The number of aromatic nitrogens is 3. The van der Waals surface area contributed by atoms with Crippen LogP contribution in [-0.2, 0) is 25.7 Å². The van der Waals surface area contributed by atoms with Crippen LogP contribution in [0.5, 0.6) is 0 Å². The molecule has 0 atom stereocenters. The second-order valence-corrected chi connectivity index (χ2v) is 15.4. The van der Waals surface area contributed by atoms with Gasteiger partial charge < -0.3 is 10.2 Å². The van der Waals surface area contributed by atoms with Crippen molar-refractivity contribution in [2.75, 3.05) is 30.4 Å². The summed E-state index contributed by atoms with van der Waals surface area (Å²) in [4.78, 5) is 26.1. The molecule has 0 saturated carbocycles. The molecule has 0 bridgehead atoms. The van der Waals surface area contributed by atoms with E-state index < -0.39 is 15.5 Å². The van der Waals surface area contributed by atoms with Crippen molar-refractivity contribution < 1.29 is 22.3 Å². The number of aryl methyl sites for hydroxylation is 1. The van der Waals surface area contributed by atoms with Crippen LogP contribution in [0.25, 0.3) is 0 Å². The average Bonchev–Trinajstić information content (AvgIpc) is 3.32. The Hall–Kier alpha value is -3.64. The number of anilines is 2. The lowest BCUT2D eigenvalue weighted by atomic mass is 9.80. The third-order valence-corrected chi connectivity index (χ3v) is 10.4. The van der Waals surface area contributed by atoms with E-state index in [1.807, 2.05) is 0 Å². The molecule has 2 aliphatic heterocycles. The summed E-state index contributed by atoms with van der Waals surface area (Å²) in [7, 11) is -2.28. The fourth-order valence-corrected chi connectivity index (χ4v) is 7.55. The molecule has 0 saturated heterocycles. The molecule has 2 aromatic carbocycles. The van der Waals surface area contributed by atoms with Crippen LogP contribution in [0.3, 0.4) is 0 Å². The Morgan fingerprint density at radius 3 is 2.38 bits per heavy atom. The molecule has 5 rings (SSSR count). The molecular weight excluding hydrogens is 671 g/mol. The van der Waals surface area contributed by atoms with E-state index >= 15 is 0 Å². The monoisotopic (exact) mass is 711 g/mol. The molecule has 0 amide bonds. The number of fused-ring (bicyclic) bond motifs is 2. The van der Waals surface area contributed by atoms with Crippen molar-refractivity contribution >= 4 is 62.1 Å². The highest BCUT2D eigenvalue weighted by molar-refractivity contribution is 7.85. The van der Waals surface area contributed by atoms with Gasteiger partial charge in [-0.25, -0.2) is 0 Å². The number of carbonyl (C=O) groups excluding carboxylic acids is 1. The van der Waals surface area contributed by atoms with Gasteiger partial charge in [0.25, 0.3) is 10.1 Å². The second kappa shape index (κ2) is 13.7. The van der Waals surface area contributed by atoms with Crippen LogP contribution in [0.1, 0.15) is 70.1 Å². The Labute approximate surface area is 292 Å². The quantitative estimate of drug-likeness (QED) is 0.114. The first-order valence-corrected chi connectivity index (χ1v) is 18.0. The van der Waals surface area contributed by atoms with Crippen molar-refractivity contribution in [2.24, 2.45) is 0 Å². The van der Waals surface area contributed by atoms with E-state index in [9.17, 15) is 17.8 Å². The SMILES string of the molecule is Cc1ccc2c(c1)C(C)(C)C(/C=C/C=C1/N(CCCCCC(=O)CNc3nc(Cl)nc(Cl)n3)c3ccc(S(=O)(=O)O)cc3C1(C)C)=[N+]2C. The Balaban J connectivity index is 1.31. The minimum atomic E-state index is -4.37. The molecular formula is C35H41Cl2N6O4S+. The molecule has 0 fully saturated rings. The highest BCUT2D eigenvalue weighted by Crippen LogP contribution is 2.48. The van der Waals surface area contributed by atoms with E-state index in [4.69, 9.17) is 23.2 Å². The lowest BCUT2D eigenvalue weighted by Gasteiger charge is -2.27. The lowest BCUT2D eigenvalue weighted by molar-refractivity contribution is -0.401. The van der Waals surface area contributed by atoms with Crippen LogP contribution in [0.15, 0.2) is 65.2 Å². The van der Waals surface area contributed by atoms with Crippen LogP contribution in [0.2, 0.25) is 10.6 Å². The van der Waals surface area contributed by atoms with Gasteiger partial charge in [-0.2, -0.15) is 27.9 Å². The first-order valence-electron chi connectivity index (χ1n) is 15.8. The van der Waals surface area contributed by atoms with Crippen molar-refractivity contribution in [3.63, 3.8) is 0 Å². The fraction of sp³-hybridized carbons (Fsp3) is 0.400. The number of hydrogen-bond donors (Lipinski definition) is 2. The third kappa shape index (κ3) is 7.34. The highest BCUT2D eigenvalue weighted by atomic mass is 35.5. The standard InChI is InChI=1S/C35H40Cl2N6O4S/c1-22-14-16-27-25(19-22)34(2,3)29(42(27)6)12-10-13-30-35(4,5)26-20-24(48(45,46)47)15-17-28(26)43(30)18-9-7-8-11-23(44)21-38-33-40-31(36)39-32(37)41-33/h10,12-17,19-20H,7-9,11,18,21H2,1-6H3,(H-,38,39,40,41,45,46,47)/p+1. The minimum Gasteiger partial charge on any atom is -0.347 e. The molecule has 0 radical (unpaired) electrons. The Morgan fingerprint density at radius 2 is 1.69 bits per heavy atom. The number of halogens is 2. The predicted molar refractivity (Wildman–Crippen MR) is 191 cm³/mol. The normalized spacial score (nSPS) is 17.4. The smallest absolute Gasteiger partial charge is 0.294 e. The topological polar surface area (TPSA) is 128 Å². The van der Waals surface area contributed by atoms with E-state index in [1.165, 1.54) is 28.6 Å². The van der Waals surface area contributed by atoms with Gasteiger partial charge in [0, 0.05) is 47.5 Å². The van der Waals surface area contributed by atoms with Crippen LogP contribution in [0.4, 0.5) is 17.3 Å². The largest absolute Gasteiger partial charge is 0.347 e. The van der Waals surface area contributed by atoms with Crippen LogP contribution < -0.4 is 10.2 Å². The zero-order chi connectivity index (χ0) is 35.0. The van der Waals surface area contributed by atoms with Crippen molar-refractivity contribution in [3.05, 3.63) is 87.6 Å². The number of hydrogen-bond acceptors (Lipinski definition) is 8. The first kappa shape index (κ1) is 35.7. The van der Waals surface area contributed by atoms with Crippen LogP contribution in [0, 0.1) is 6.92 Å². The van der Waals surface area contributed by atoms with Crippen LogP contribution >= 0.6 is 23.2 Å². The molecule has 10 nitrogen and oxygen atoms in total. The van der Waals surface area contributed by atoms with Gasteiger partial charge in [0.05, 0.1) is 16.9 Å². The molecule has 0 spiro atoms. The summed E-state index contributed by atoms with van der Waals surface area (Å²) in [6.45, 7) is 11.4. The minimum absolute atomic E-state index is 0.00777. The van der Waals surface area contributed by atoms with Crippen LogP contribution in [-0.4, -0.2) is 64.1 Å². The highest BCUT2D eigenvalue weighted by Gasteiger charge is 2.43. The summed E-state index contributed by atoms with van der Waals surface area (Å²) in [6, 6.07) is 11.3. The summed E-state index contributed by atoms with van der Waals surface area (Å²) >= 11 is 11.6. The molecule has 254 valence electrons. The molecule has 3 aromatic rings. The Morgan fingerprint density at radius 1 is 0.979 bits per heavy atom. The summed E-state index contributed by atoms with van der Waals surface area (Å²) in [5.41, 5.74) is 6.91. The van der Waals surface area contributed by atoms with Gasteiger partial charge in [-0.15, -0.1) is 0 Å². The van der Waals surface area contributed by atoms with Crippen molar-refractivity contribution in [2.45, 2.75) is 76.0 Å². The summed E-state index contributed by atoms with van der Waals surface area (Å²) in [6.07, 6.45) is 9.03. The Kier molecular flexibility index (Phi) is 10.2. The van der Waals surface area contributed by atoms with Gasteiger partial charge in [-0.05, 0) is 92.7 Å². The molecule has 1 aromatic heterocycles. The molecule has 2 N–H and O–H groups in total. The summed E-state index contributed by atoms with van der Waals surface area (Å²) in [5.74, 6) is 0.156. The number of ketones is 1. The van der Waals surface area contributed by atoms with Crippen molar-refractivity contribution in [3.8, 4) is 0 Å². The van der Waals surface area contributed by atoms with E-state index in [1.54, 1.807) is 12.1 Å². The summed E-state index contributed by atoms with van der Waals surface area (Å²) < 4.78 is 36.1. The maximum Gasteiger partial charge on any atom is 0.294 e. The Bertz CT molecular complexity index is 1950. The molecule has 48 heavy (non-hydrogen) atoms. The van der Waals surface area contributed by atoms with Gasteiger partial charge in [0.2, 0.25) is 22.2 Å². The number of rotatable bonds is 12. The maximum atomic E-state index is 12.5. The number of carbonyl (C=O) groups is 1. The number of nitrogens with zero attached hydrogens (tertiary/aromatic N) is 5.